The SMILES string of the molecule is OCc1cc(CBr)c(C(F)F)c(F)n1. The molecule has 1 rings (SSSR count). The first kappa shape index (κ1) is 11.5. The molecule has 78 valence electrons. The molecule has 0 saturated heterocycles. The van der Waals surface area contributed by atoms with Crippen molar-refractivity contribution in [2.45, 2.75) is 18.4 Å². The van der Waals surface area contributed by atoms with Gasteiger partial charge in [-0.2, -0.15) is 4.39 Å². The highest BCUT2D eigenvalue weighted by molar-refractivity contribution is 9.08. The van der Waals surface area contributed by atoms with Gasteiger partial charge in [0.15, 0.2) is 0 Å². The molecule has 6 heteroatoms. The number of rotatable bonds is 3. The summed E-state index contributed by atoms with van der Waals surface area (Å²) in [6, 6.07) is 1.25. The predicted molar refractivity (Wildman–Crippen MR) is 47.7 cm³/mol. The second kappa shape index (κ2) is 4.75. The number of hydrogen-bond donors (Lipinski definition) is 1. The van der Waals surface area contributed by atoms with Crippen LogP contribution in [0, 0.1) is 5.95 Å². The summed E-state index contributed by atoms with van der Waals surface area (Å²) in [4.78, 5) is 3.20. The molecule has 1 aromatic rings. The van der Waals surface area contributed by atoms with Crippen LogP contribution in [-0.2, 0) is 11.9 Å². The van der Waals surface area contributed by atoms with Crippen LogP contribution in [0.4, 0.5) is 13.2 Å². The van der Waals surface area contributed by atoms with Crippen molar-refractivity contribution in [1.82, 2.24) is 4.98 Å². The van der Waals surface area contributed by atoms with Gasteiger partial charge in [0, 0.05) is 5.33 Å². The number of hydrogen-bond acceptors (Lipinski definition) is 2. The minimum Gasteiger partial charge on any atom is -0.390 e. The minimum atomic E-state index is -2.90. The zero-order chi connectivity index (χ0) is 10.7. The molecule has 1 heterocycles. The lowest BCUT2D eigenvalue weighted by Crippen LogP contribution is -2.03. The summed E-state index contributed by atoms with van der Waals surface area (Å²) in [5.41, 5.74) is -0.558. The van der Waals surface area contributed by atoms with E-state index in [9.17, 15) is 13.2 Å². The number of alkyl halides is 3. The Balaban J connectivity index is 3.27. The largest absolute Gasteiger partial charge is 0.390 e. The molecule has 0 amide bonds. The van der Waals surface area contributed by atoms with Gasteiger partial charge in [-0.1, -0.05) is 15.9 Å². The Morgan fingerprint density at radius 2 is 2.14 bits per heavy atom. The third-order valence-electron chi connectivity index (χ3n) is 1.67. The molecule has 1 aromatic heterocycles. The molecular formula is C8H7BrF3NO. The maximum Gasteiger partial charge on any atom is 0.268 e. The van der Waals surface area contributed by atoms with Gasteiger partial charge in [0.2, 0.25) is 5.95 Å². The van der Waals surface area contributed by atoms with E-state index in [0.29, 0.717) is 0 Å². The number of pyridine rings is 1. The first-order valence-corrected chi connectivity index (χ1v) is 4.85. The Morgan fingerprint density at radius 1 is 1.50 bits per heavy atom. The molecule has 0 radical (unpaired) electrons. The van der Waals surface area contributed by atoms with E-state index >= 15 is 0 Å². The average molecular weight is 270 g/mol. The summed E-state index contributed by atoms with van der Waals surface area (Å²) in [6.45, 7) is -0.472. The fourth-order valence-electron chi connectivity index (χ4n) is 1.05. The molecular weight excluding hydrogens is 263 g/mol. The molecule has 0 aliphatic carbocycles. The smallest absolute Gasteiger partial charge is 0.268 e. The molecule has 0 aliphatic heterocycles. The van der Waals surface area contributed by atoms with Gasteiger partial charge in [-0.25, -0.2) is 13.8 Å². The topological polar surface area (TPSA) is 33.1 Å². The van der Waals surface area contributed by atoms with Crippen molar-refractivity contribution >= 4 is 15.9 Å². The highest BCUT2D eigenvalue weighted by Gasteiger charge is 2.19. The van der Waals surface area contributed by atoms with Crippen LogP contribution in [0.1, 0.15) is 23.2 Å². The molecule has 0 aliphatic rings. The standard InChI is InChI=1S/C8H7BrF3NO/c9-2-4-1-5(3-14)13-8(12)6(4)7(10)11/h1,7,14H,2-3H2. The first-order chi connectivity index (χ1) is 6.60. The van der Waals surface area contributed by atoms with Crippen LogP contribution in [-0.4, -0.2) is 10.1 Å². The van der Waals surface area contributed by atoms with Gasteiger partial charge in [-0.15, -0.1) is 0 Å². The zero-order valence-electron chi connectivity index (χ0n) is 6.98. The number of aliphatic hydroxyl groups excluding tert-OH is 1. The fourth-order valence-corrected chi connectivity index (χ4v) is 1.52. The molecule has 0 fully saturated rings. The molecule has 2 nitrogen and oxygen atoms in total. The Labute approximate surface area is 86.9 Å². The number of nitrogens with zero attached hydrogens (tertiary/aromatic N) is 1. The molecule has 0 saturated carbocycles. The van der Waals surface area contributed by atoms with Crippen LogP contribution >= 0.6 is 15.9 Å². The van der Waals surface area contributed by atoms with Gasteiger partial charge < -0.3 is 5.11 Å². The lowest BCUT2D eigenvalue weighted by atomic mass is 10.1. The van der Waals surface area contributed by atoms with Crippen molar-refractivity contribution in [3.05, 3.63) is 28.8 Å². The van der Waals surface area contributed by atoms with Crippen LogP contribution in [0.25, 0.3) is 0 Å². The molecule has 1 N–H and O–H groups in total. The summed E-state index contributed by atoms with van der Waals surface area (Å²) in [5.74, 6) is -1.22. The summed E-state index contributed by atoms with van der Waals surface area (Å²) >= 11 is 2.96. The Kier molecular flexibility index (Phi) is 3.88. The van der Waals surface area contributed by atoms with Crippen molar-refractivity contribution in [2.24, 2.45) is 0 Å². The monoisotopic (exact) mass is 269 g/mol. The van der Waals surface area contributed by atoms with E-state index in [1.807, 2.05) is 0 Å². The fraction of sp³-hybridized carbons (Fsp3) is 0.375. The normalized spacial score (nSPS) is 11.0. The first-order valence-electron chi connectivity index (χ1n) is 3.73. The summed E-state index contributed by atoms with van der Waals surface area (Å²) in [6.07, 6.45) is -2.90. The lowest BCUT2D eigenvalue weighted by molar-refractivity contribution is 0.143. The van der Waals surface area contributed by atoms with Gasteiger partial charge in [0.1, 0.15) is 0 Å². The molecule has 0 atom stereocenters. The third-order valence-corrected chi connectivity index (χ3v) is 2.28. The molecule has 0 bridgehead atoms. The number of aromatic nitrogens is 1. The predicted octanol–water partition coefficient (Wildman–Crippen LogP) is 2.55. The van der Waals surface area contributed by atoms with E-state index in [2.05, 4.69) is 20.9 Å². The minimum absolute atomic E-state index is 0.0429. The number of halogens is 4. The van der Waals surface area contributed by atoms with Crippen LogP contribution in [0.15, 0.2) is 6.07 Å². The van der Waals surface area contributed by atoms with Crippen LogP contribution in [0.2, 0.25) is 0 Å². The molecule has 14 heavy (non-hydrogen) atoms. The van der Waals surface area contributed by atoms with Crippen LogP contribution < -0.4 is 0 Å². The van der Waals surface area contributed by atoms with Gasteiger partial charge >= 0.3 is 0 Å². The highest BCUT2D eigenvalue weighted by atomic mass is 79.9. The van der Waals surface area contributed by atoms with E-state index in [1.165, 1.54) is 6.07 Å². The summed E-state index contributed by atoms with van der Waals surface area (Å²) in [5, 5.41) is 8.78. The van der Waals surface area contributed by atoms with E-state index in [4.69, 9.17) is 5.11 Å². The van der Waals surface area contributed by atoms with E-state index in [1.54, 1.807) is 0 Å². The van der Waals surface area contributed by atoms with Gasteiger partial charge in [-0.05, 0) is 11.6 Å². The Morgan fingerprint density at radius 3 is 2.57 bits per heavy atom. The second-order valence-electron chi connectivity index (χ2n) is 2.57. The van der Waals surface area contributed by atoms with Gasteiger partial charge in [0.05, 0.1) is 17.9 Å². The van der Waals surface area contributed by atoms with Gasteiger partial charge in [0.25, 0.3) is 6.43 Å². The Bertz CT molecular complexity index is 333. The van der Waals surface area contributed by atoms with Gasteiger partial charge in [-0.3, -0.25) is 0 Å². The number of aliphatic hydroxyl groups is 1. The van der Waals surface area contributed by atoms with E-state index < -0.39 is 24.5 Å². The third kappa shape index (κ3) is 2.24. The van der Waals surface area contributed by atoms with Crippen molar-refractivity contribution < 1.29 is 18.3 Å². The zero-order valence-corrected chi connectivity index (χ0v) is 8.56. The summed E-state index contributed by atoms with van der Waals surface area (Å²) in [7, 11) is 0. The highest BCUT2D eigenvalue weighted by Crippen LogP contribution is 2.27. The summed E-state index contributed by atoms with van der Waals surface area (Å²) < 4.78 is 37.7. The maximum atomic E-state index is 13.0. The van der Waals surface area contributed by atoms with Crippen molar-refractivity contribution in [3.8, 4) is 0 Å². The van der Waals surface area contributed by atoms with E-state index in [0.717, 1.165) is 0 Å². The lowest BCUT2D eigenvalue weighted by Gasteiger charge is -2.08. The van der Waals surface area contributed by atoms with Crippen LogP contribution in [0.5, 0.6) is 0 Å². The average Bonchev–Trinajstić information content (AvgIpc) is 2.15. The Hall–Kier alpha value is -0.620. The van der Waals surface area contributed by atoms with Crippen molar-refractivity contribution in [3.63, 3.8) is 0 Å². The van der Waals surface area contributed by atoms with Crippen LogP contribution in [0.3, 0.4) is 0 Å². The van der Waals surface area contributed by atoms with Crippen molar-refractivity contribution in [2.75, 3.05) is 0 Å². The van der Waals surface area contributed by atoms with Crippen molar-refractivity contribution in [1.29, 1.82) is 0 Å². The maximum absolute atomic E-state index is 13.0. The molecule has 0 unspecified atom stereocenters. The quantitative estimate of drug-likeness (QED) is 0.676. The molecule has 0 aromatic carbocycles. The van der Waals surface area contributed by atoms with E-state index in [-0.39, 0.29) is 16.6 Å². The second-order valence-corrected chi connectivity index (χ2v) is 3.13. The molecule has 0 spiro atoms.